The van der Waals surface area contributed by atoms with Gasteiger partial charge in [-0.2, -0.15) is 0 Å². The summed E-state index contributed by atoms with van der Waals surface area (Å²) in [5.74, 6) is 0.187. The average Bonchev–Trinajstić information content (AvgIpc) is 1.87. The summed E-state index contributed by atoms with van der Waals surface area (Å²) in [6.07, 6.45) is 1.92. The van der Waals surface area contributed by atoms with Crippen molar-refractivity contribution in [3.05, 3.63) is 0 Å². The third-order valence-corrected chi connectivity index (χ3v) is 1.45. The molecule has 0 aliphatic rings. The Morgan fingerprint density at radius 1 is 1.56 bits per heavy atom. The van der Waals surface area contributed by atoms with Crippen molar-refractivity contribution >= 4 is 6.29 Å². The monoisotopic (exact) mass is 129 g/mol. The van der Waals surface area contributed by atoms with E-state index < -0.39 is 0 Å². The standard InChI is InChI=1S/C7H15NO/c1-6(5-9)4-7(2)8-3/h5-8H,4H2,1-3H3. The van der Waals surface area contributed by atoms with Crippen LogP contribution in [0.25, 0.3) is 0 Å². The van der Waals surface area contributed by atoms with Gasteiger partial charge in [0.25, 0.3) is 0 Å². The lowest BCUT2D eigenvalue weighted by atomic mass is 10.1. The SMILES string of the molecule is CNC(C)CC(C)C=O. The fraction of sp³-hybridized carbons (Fsp3) is 0.857. The van der Waals surface area contributed by atoms with Crippen LogP contribution >= 0.6 is 0 Å². The van der Waals surface area contributed by atoms with Gasteiger partial charge in [-0.15, -0.1) is 0 Å². The van der Waals surface area contributed by atoms with Gasteiger partial charge in [0.2, 0.25) is 0 Å². The van der Waals surface area contributed by atoms with Gasteiger partial charge in [0.15, 0.2) is 0 Å². The summed E-state index contributed by atoms with van der Waals surface area (Å²) in [5, 5.41) is 3.07. The first kappa shape index (κ1) is 8.63. The molecule has 2 atom stereocenters. The molecular weight excluding hydrogens is 114 g/mol. The molecule has 0 spiro atoms. The van der Waals surface area contributed by atoms with E-state index in [0.717, 1.165) is 12.7 Å². The quantitative estimate of drug-likeness (QED) is 0.569. The molecule has 0 heterocycles. The van der Waals surface area contributed by atoms with E-state index in [-0.39, 0.29) is 5.92 Å². The lowest BCUT2D eigenvalue weighted by molar-refractivity contribution is -0.110. The highest BCUT2D eigenvalue weighted by molar-refractivity contribution is 5.52. The van der Waals surface area contributed by atoms with Gasteiger partial charge < -0.3 is 10.1 Å². The van der Waals surface area contributed by atoms with E-state index in [9.17, 15) is 4.79 Å². The van der Waals surface area contributed by atoms with Crippen LogP contribution in [0, 0.1) is 5.92 Å². The molecule has 0 aromatic carbocycles. The van der Waals surface area contributed by atoms with E-state index >= 15 is 0 Å². The van der Waals surface area contributed by atoms with Gasteiger partial charge in [-0.1, -0.05) is 6.92 Å². The molecule has 0 saturated carbocycles. The topological polar surface area (TPSA) is 29.1 Å². The largest absolute Gasteiger partial charge is 0.317 e. The second kappa shape index (κ2) is 4.50. The second-order valence-corrected chi connectivity index (χ2v) is 2.54. The maximum Gasteiger partial charge on any atom is 0.122 e. The summed E-state index contributed by atoms with van der Waals surface area (Å²) in [5.41, 5.74) is 0. The number of carbonyl (C=O) groups is 1. The smallest absolute Gasteiger partial charge is 0.122 e. The molecule has 0 aliphatic carbocycles. The Bertz CT molecular complexity index is 83.0. The van der Waals surface area contributed by atoms with Crippen LogP contribution in [-0.2, 0) is 4.79 Å². The maximum atomic E-state index is 10.1. The van der Waals surface area contributed by atoms with Crippen LogP contribution < -0.4 is 5.32 Å². The van der Waals surface area contributed by atoms with Crippen molar-refractivity contribution in [1.29, 1.82) is 0 Å². The van der Waals surface area contributed by atoms with Crippen LogP contribution in [0.3, 0.4) is 0 Å². The van der Waals surface area contributed by atoms with Crippen molar-refractivity contribution in [2.75, 3.05) is 7.05 Å². The fourth-order valence-electron chi connectivity index (χ4n) is 0.731. The molecule has 2 heteroatoms. The normalized spacial score (nSPS) is 16.8. The van der Waals surface area contributed by atoms with Gasteiger partial charge in [-0.3, -0.25) is 0 Å². The molecule has 0 radical (unpaired) electrons. The predicted molar refractivity (Wildman–Crippen MR) is 38.4 cm³/mol. The summed E-state index contributed by atoms with van der Waals surface area (Å²) >= 11 is 0. The van der Waals surface area contributed by atoms with Crippen molar-refractivity contribution in [1.82, 2.24) is 5.32 Å². The van der Waals surface area contributed by atoms with E-state index in [2.05, 4.69) is 12.2 Å². The first-order chi connectivity index (χ1) is 4.20. The fourth-order valence-corrected chi connectivity index (χ4v) is 0.731. The van der Waals surface area contributed by atoms with Crippen LogP contribution in [0.5, 0.6) is 0 Å². The van der Waals surface area contributed by atoms with E-state index in [0.29, 0.717) is 6.04 Å². The zero-order chi connectivity index (χ0) is 7.28. The van der Waals surface area contributed by atoms with Crippen molar-refractivity contribution in [3.8, 4) is 0 Å². The molecule has 0 aromatic rings. The van der Waals surface area contributed by atoms with Gasteiger partial charge in [-0.05, 0) is 20.4 Å². The number of hydrogen-bond donors (Lipinski definition) is 1. The first-order valence-electron chi connectivity index (χ1n) is 3.33. The van der Waals surface area contributed by atoms with Crippen molar-refractivity contribution in [3.63, 3.8) is 0 Å². The lowest BCUT2D eigenvalue weighted by Gasteiger charge is -2.10. The van der Waals surface area contributed by atoms with Crippen molar-refractivity contribution < 1.29 is 4.79 Å². The Hall–Kier alpha value is -0.370. The molecule has 0 amide bonds. The van der Waals surface area contributed by atoms with E-state index in [1.807, 2.05) is 14.0 Å². The summed E-state index contributed by atoms with van der Waals surface area (Å²) in [6, 6.07) is 0.449. The molecule has 54 valence electrons. The number of hydrogen-bond acceptors (Lipinski definition) is 2. The number of carbonyl (C=O) groups excluding carboxylic acids is 1. The lowest BCUT2D eigenvalue weighted by Crippen LogP contribution is -2.23. The van der Waals surface area contributed by atoms with Gasteiger partial charge in [0, 0.05) is 12.0 Å². The Labute approximate surface area is 56.6 Å². The third kappa shape index (κ3) is 4.15. The molecule has 0 aliphatic heterocycles. The molecule has 2 unspecified atom stereocenters. The number of aldehydes is 1. The summed E-state index contributed by atoms with van der Waals surface area (Å²) in [7, 11) is 1.90. The predicted octanol–water partition coefficient (Wildman–Crippen LogP) is 0.819. The highest BCUT2D eigenvalue weighted by Crippen LogP contribution is 2.00. The summed E-state index contributed by atoms with van der Waals surface area (Å²) < 4.78 is 0. The van der Waals surface area contributed by atoms with Crippen LogP contribution in [0.15, 0.2) is 0 Å². The Kier molecular flexibility index (Phi) is 4.32. The van der Waals surface area contributed by atoms with E-state index in [4.69, 9.17) is 0 Å². The van der Waals surface area contributed by atoms with Gasteiger partial charge in [0.05, 0.1) is 0 Å². The van der Waals surface area contributed by atoms with Gasteiger partial charge in [0.1, 0.15) is 6.29 Å². The highest BCUT2D eigenvalue weighted by atomic mass is 16.1. The molecule has 2 nitrogen and oxygen atoms in total. The summed E-state index contributed by atoms with van der Waals surface area (Å²) in [4.78, 5) is 10.1. The van der Waals surface area contributed by atoms with E-state index in [1.54, 1.807) is 0 Å². The maximum absolute atomic E-state index is 10.1. The molecule has 0 fully saturated rings. The van der Waals surface area contributed by atoms with Gasteiger partial charge in [-0.25, -0.2) is 0 Å². The van der Waals surface area contributed by atoms with Crippen LogP contribution in [0.1, 0.15) is 20.3 Å². The zero-order valence-corrected chi connectivity index (χ0v) is 6.35. The molecule has 1 N–H and O–H groups in total. The molecule has 0 rings (SSSR count). The zero-order valence-electron chi connectivity index (χ0n) is 6.35. The molecule has 0 aromatic heterocycles. The average molecular weight is 129 g/mol. The molecular formula is C7H15NO. The van der Waals surface area contributed by atoms with Crippen LogP contribution in [0.4, 0.5) is 0 Å². The third-order valence-electron chi connectivity index (χ3n) is 1.45. The minimum atomic E-state index is 0.187. The van der Waals surface area contributed by atoms with Crippen LogP contribution in [-0.4, -0.2) is 19.4 Å². The summed E-state index contributed by atoms with van der Waals surface area (Å²) in [6.45, 7) is 4.00. The number of nitrogens with one attached hydrogen (secondary N) is 1. The van der Waals surface area contributed by atoms with Gasteiger partial charge >= 0.3 is 0 Å². The van der Waals surface area contributed by atoms with Crippen molar-refractivity contribution in [2.24, 2.45) is 5.92 Å². The Morgan fingerprint density at radius 3 is 2.44 bits per heavy atom. The first-order valence-corrected chi connectivity index (χ1v) is 3.33. The minimum Gasteiger partial charge on any atom is -0.317 e. The molecule has 9 heavy (non-hydrogen) atoms. The Morgan fingerprint density at radius 2 is 2.11 bits per heavy atom. The second-order valence-electron chi connectivity index (χ2n) is 2.54. The highest BCUT2D eigenvalue weighted by Gasteiger charge is 2.03. The Balaban J connectivity index is 3.33. The van der Waals surface area contributed by atoms with Crippen molar-refractivity contribution in [2.45, 2.75) is 26.3 Å². The molecule has 0 saturated heterocycles. The van der Waals surface area contributed by atoms with Crippen LogP contribution in [0.2, 0.25) is 0 Å². The minimum absolute atomic E-state index is 0.187. The number of rotatable bonds is 4. The van der Waals surface area contributed by atoms with E-state index in [1.165, 1.54) is 0 Å². The molecule has 0 bridgehead atoms.